The van der Waals surface area contributed by atoms with E-state index in [0.29, 0.717) is 18.7 Å². The molecule has 0 bridgehead atoms. The van der Waals surface area contributed by atoms with Gasteiger partial charge in [0, 0.05) is 45.1 Å². The summed E-state index contributed by atoms with van der Waals surface area (Å²) in [5.74, 6) is 0.752. The molecule has 0 aliphatic heterocycles. The summed E-state index contributed by atoms with van der Waals surface area (Å²) in [4.78, 5) is 18.5. The topological polar surface area (TPSA) is 54.5 Å². The molecule has 1 aromatic heterocycles. The van der Waals surface area contributed by atoms with Crippen LogP contribution in [0.3, 0.4) is 0 Å². The van der Waals surface area contributed by atoms with Gasteiger partial charge in [-0.3, -0.25) is 4.79 Å². The summed E-state index contributed by atoms with van der Waals surface area (Å²) in [7, 11) is 5.50. The van der Waals surface area contributed by atoms with Crippen molar-refractivity contribution in [1.29, 1.82) is 0 Å². The van der Waals surface area contributed by atoms with E-state index in [1.54, 1.807) is 19.4 Å². The molecule has 0 aliphatic rings. The first-order valence-electron chi connectivity index (χ1n) is 7.09. The quantitative estimate of drug-likeness (QED) is 0.888. The van der Waals surface area contributed by atoms with Gasteiger partial charge in [0.05, 0.1) is 6.61 Å². The maximum absolute atomic E-state index is 12.3. The van der Waals surface area contributed by atoms with Crippen molar-refractivity contribution in [3.63, 3.8) is 0 Å². The molecule has 0 radical (unpaired) electrons. The predicted molar refractivity (Wildman–Crippen MR) is 86.9 cm³/mol. The summed E-state index contributed by atoms with van der Waals surface area (Å²) < 4.78 is 5.09. The average Bonchev–Trinajstić information content (AvgIpc) is 2.53. The first-order chi connectivity index (χ1) is 10.6. The number of aromatic nitrogens is 1. The second-order valence-electron chi connectivity index (χ2n) is 5.20. The van der Waals surface area contributed by atoms with Gasteiger partial charge in [0.25, 0.3) is 5.91 Å². The molecular formula is C17H21N3O2. The Morgan fingerprint density at radius 1 is 1.27 bits per heavy atom. The first-order valence-corrected chi connectivity index (χ1v) is 7.09. The van der Waals surface area contributed by atoms with Gasteiger partial charge in [-0.1, -0.05) is 18.2 Å². The number of nitrogens with one attached hydrogen (secondary N) is 1. The first kappa shape index (κ1) is 16.0. The number of carbonyl (C=O) groups is 1. The number of carbonyl (C=O) groups excluding carboxylic acids is 1. The highest BCUT2D eigenvalue weighted by Crippen LogP contribution is 2.14. The molecule has 0 saturated heterocycles. The molecule has 0 spiro atoms. The molecule has 116 valence electrons. The van der Waals surface area contributed by atoms with E-state index in [-0.39, 0.29) is 5.91 Å². The number of pyridine rings is 1. The van der Waals surface area contributed by atoms with Crippen molar-refractivity contribution < 1.29 is 9.53 Å². The van der Waals surface area contributed by atoms with Crippen LogP contribution in [0.25, 0.3) is 0 Å². The Morgan fingerprint density at radius 3 is 2.82 bits per heavy atom. The van der Waals surface area contributed by atoms with E-state index in [1.165, 1.54) is 0 Å². The third-order valence-corrected chi connectivity index (χ3v) is 3.23. The van der Waals surface area contributed by atoms with Crippen LogP contribution in [0.5, 0.6) is 0 Å². The third-order valence-electron chi connectivity index (χ3n) is 3.23. The largest absolute Gasteiger partial charge is 0.380 e. The highest BCUT2D eigenvalue weighted by molar-refractivity contribution is 5.94. The van der Waals surface area contributed by atoms with E-state index in [0.717, 1.165) is 16.9 Å². The number of benzene rings is 1. The van der Waals surface area contributed by atoms with Crippen LogP contribution in [-0.4, -0.2) is 32.1 Å². The van der Waals surface area contributed by atoms with Gasteiger partial charge in [-0.25, -0.2) is 4.98 Å². The van der Waals surface area contributed by atoms with Gasteiger partial charge >= 0.3 is 0 Å². The monoisotopic (exact) mass is 299 g/mol. The normalized spacial score (nSPS) is 10.3. The molecule has 1 amide bonds. The van der Waals surface area contributed by atoms with E-state index in [1.807, 2.05) is 49.3 Å². The lowest BCUT2D eigenvalue weighted by atomic mass is 10.1. The van der Waals surface area contributed by atoms with Gasteiger partial charge in [-0.15, -0.1) is 0 Å². The standard InChI is InChI=1S/C17H21N3O2/c1-20(2)16-15(8-5-9-18-16)11-19-17(21)14-7-4-6-13(10-14)12-22-3/h4-10H,11-12H2,1-3H3,(H,19,21). The maximum Gasteiger partial charge on any atom is 0.251 e. The van der Waals surface area contributed by atoms with Gasteiger partial charge < -0.3 is 15.0 Å². The Balaban J connectivity index is 2.06. The summed E-state index contributed by atoms with van der Waals surface area (Å²) in [5.41, 5.74) is 2.59. The second kappa shape index (κ2) is 7.56. The number of hydrogen-bond acceptors (Lipinski definition) is 4. The number of methoxy groups -OCH3 is 1. The number of ether oxygens (including phenoxy) is 1. The van der Waals surface area contributed by atoms with E-state index in [2.05, 4.69) is 10.3 Å². The van der Waals surface area contributed by atoms with Crippen LogP contribution in [-0.2, 0) is 17.9 Å². The average molecular weight is 299 g/mol. The molecule has 22 heavy (non-hydrogen) atoms. The maximum atomic E-state index is 12.3. The number of nitrogens with zero attached hydrogens (tertiary/aromatic N) is 2. The van der Waals surface area contributed by atoms with Crippen LogP contribution >= 0.6 is 0 Å². The summed E-state index contributed by atoms with van der Waals surface area (Å²) >= 11 is 0. The van der Waals surface area contributed by atoms with Crippen LogP contribution in [0.15, 0.2) is 42.6 Å². The molecule has 0 saturated carbocycles. The molecule has 2 rings (SSSR count). The van der Waals surface area contributed by atoms with E-state index < -0.39 is 0 Å². The highest BCUT2D eigenvalue weighted by atomic mass is 16.5. The molecule has 5 nitrogen and oxygen atoms in total. The zero-order chi connectivity index (χ0) is 15.9. The zero-order valence-electron chi connectivity index (χ0n) is 13.2. The lowest BCUT2D eigenvalue weighted by Crippen LogP contribution is -2.24. The minimum absolute atomic E-state index is 0.105. The van der Waals surface area contributed by atoms with Gasteiger partial charge in [0.15, 0.2) is 0 Å². The lowest BCUT2D eigenvalue weighted by molar-refractivity contribution is 0.0950. The minimum atomic E-state index is -0.105. The molecule has 5 heteroatoms. The zero-order valence-corrected chi connectivity index (χ0v) is 13.2. The molecule has 1 aromatic carbocycles. The molecule has 1 heterocycles. The smallest absolute Gasteiger partial charge is 0.251 e. The van der Waals surface area contributed by atoms with Crippen molar-refractivity contribution in [2.45, 2.75) is 13.2 Å². The van der Waals surface area contributed by atoms with Gasteiger partial charge in [-0.05, 0) is 23.8 Å². The van der Waals surface area contributed by atoms with Crippen LogP contribution in [0.2, 0.25) is 0 Å². The highest BCUT2D eigenvalue weighted by Gasteiger charge is 2.09. The molecule has 1 N–H and O–H groups in total. The number of amides is 1. The van der Waals surface area contributed by atoms with Crippen LogP contribution in [0.1, 0.15) is 21.5 Å². The summed E-state index contributed by atoms with van der Waals surface area (Å²) in [5, 5.41) is 2.93. The lowest BCUT2D eigenvalue weighted by Gasteiger charge is -2.16. The van der Waals surface area contributed by atoms with Crippen LogP contribution in [0.4, 0.5) is 5.82 Å². The van der Waals surface area contributed by atoms with Crippen molar-refractivity contribution in [2.75, 3.05) is 26.1 Å². The summed E-state index contributed by atoms with van der Waals surface area (Å²) in [6.07, 6.45) is 1.74. The molecule has 0 unspecified atom stereocenters. The molecule has 0 atom stereocenters. The van der Waals surface area contributed by atoms with Crippen molar-refractivity contribution in [3.05, 3.63) is 59.3 Å². The number of hydrogen-bond donors (Lipinski definition) is 1. The number of anilines is 1. The van der Waals surface area contributed by atoms with Crippen LogP contribution in [0, 0.1) is 0 Å². The summed E-state index contributed by atoms with van der Waals surface area (Å²) in [6, 6.07) is 11.3. The van der Waals surface area contributed by atoms with Gasteiger partial charge in [0.2, 0.25) is 0 Å². The second-order valence-corrected chi connectivity index (χ2v) is 5.20. The SMILES string of the molecule is COCc1cccc(C(=O)NCc2cccnc2N(C)C)c1. The fraction of sp³-hybridized carbons (Fsp3) is 0.294. The van der Waals surface area contributed by atoms with Gasteiger partial charge in [0.1, 0.15) is 5.82 Å². The molecule has 0 fully saturated rings. The fourth-order valence-corrected chi connectivity index (χ4v) is 2.22. The Morgan fingerprint density at radius 2 is 2.09 bits per heavy atom. The van der Waals surface area contributed by atoms with E-state index in [4.69, 9.17) is 4.74 Å². The Kier molecular flexibility index (Phi) is 5.49. The number of rotatable bonds is 6. The minimum Gasteiger partial charge on any atom is -0.380 e. The molecule has 0 aliphatic carbocycles. The Hall–Kier alpha value is -2.40. The molecule has 2 aromatic rings. The Labute approximate surface area is 130 Å². The van der Waals surface area contributed by atoms with Crippen molar-refractivity contribution >= 4 is 11.7 Å². The summed E-state index contributed by atoms with van der Waals surface area (Å²) in [6.45, 7) is 0.934. The van der Waals surface area contributed by atoms with E-state index in [9.17, 15) is 4.79 Å². The fourth-order valence-electron chi connectivity index (χ4n) is 2.22. The third kappa shape index (κ3) is 4.05. The van der Waals surface area contributed by atoms with E-state index >= 15 is 0 Å². The Bertz CT molecular complexity index is 641. The van der Waals surface area contributed by atoms with Gasteiger partial charge in [-0.2, -0.15) is 0 Å². The van der Waals surface area contributed by atoms with Crippen LogP contribution < -0.4 is 10.2 Å². The molecular weight excluding hydrogens is 278 g/mol. The van der Waals surface area contributed by atoms with Crippen molar-refractivity contribution in [2.24, 2.45) is 0 Å². The van der Waals surface area contributed by atoms with Crippen molar-refractivity contribution in [3.8, 4) is 0 Å². The predicted octanol–water partition coefficient (Wildman–Crippen LogP) is 2.22. The van der Waals surface area contributed by atoms with Crippen molar-refractivity contribution in [1.82, 2.24) is 10.3 Å².